The second-order valence-electron chi connectivity index (χ2n) is 4.69. The summed E-state index contributed by atoms with van der Waals surface area (Å²) in [4.78, 5) is 11.6. The van der Waals surface area contributed by atoms with E-state index in [0.29, 0.717) is 11.3 Å². The number of nitrogens with two attached hydrogens (primary N) is 1. The lowest BCUT2D eigenvalue weighted by Gasteiger charge is -2.13. The van der Waals surface area contributed by atoms with Crippen LogP contribution in [-0.4, -0.2) is 20.1 Å². The van der Waals surface area contributed by atoms with Gasteiger partial charge in [-0.05, 0) is 48.9 Å². The van der Waals surface area contributed by atoms with Crippen molar-refractivity contribution in [3.05, 3.63) is 47.5 Å². The summed E-state index contributed by atoms with van der Waals surface area (Å²) < 4.78 is 5.18. The summed E-state index contributed by atoms with van der Waals surface area (Å²) in [6.45, 7) is 1.99. The van der Waals surface area contributed by atoms with E-state index in [1.165, 1.54) is 0 Å². The molecule has 4 N–H and O–H groups in total. The Morgan fingerprint density at radius 3 is 2.43 bits per heavy atom. The van der Waals surface area contributed by atoms with Crippen molar-refractivity contribution in [2.75, 3.05) is 25.2 Å². The molecule has 0 saturated carbocycles. The van der Waals surface area contributed by atoms with Crippen molar-refractivity contribution < 1.29 is 9.53 Å². The normalized spacial score (nSPS) is 10.0. The number of anilines is 3. The number of hydrogen-bond acceptors (Lipinski definition) is 4. The number of nitrogens with one attached hydrogen (secondary N) is 2. The van der Waals surface area contributed by atoms with Crippen molar-refractivity contribution in [1.82, 2.24) is 5.32 Å². The second kappa shape index (κ2) is 6.17. The highest BCUT2D eigenvalue weighted by molar-refractivity contribution is 5.96. The molecular weight excluding hydrogens is 266 g/mol. The van der Waals surface area contributed by atoms with Gasteiger partial charge in [0.25, 0.3) is 5.91 Å². The van der Waals surface area contributed by atoms with Crippen molar-refractivity contribution in [3.63, 3.8) is 0 Å². The Bertz CT molecular complexity index is 669. The Kier molecular flexibility index (Phi) is 4.33. The molecule has 5 heteroatoms. The van der Waals surface area contributed by atoms with Crippen LogP contribution in [0.5, 0.6) is 5.75 Å². The standard InChI is InChI=1S/C16H19N3O2/c1-10-8-12(21-3)5-7-14(10)19-15-6-4-11(9-13(15)17)16(20)18-2/h4-9,19H,17H2,1-3H3,(H,18,20). The number of methoxy groups -OCH3 is 1. The van der Waals surface area contributed by atoms with E-state index in [-0.39, 0.29) is 5.91 Å². The van der Waals surface area contributed by atoms with Gasteiger partial charge in [0.15, 0.2) is 0 Å². The highest BCUT2D eigenvalue weighted by Crippen LogP contribution is 2.28. The zero-order chi connectivity index (χ0) is 15.4. The van der Waals surface area contributed by atoms with Crippen molar-refractivity contribution in [2.24, 2.45) is 0 Å². The molecule has 21 heavy (non-hydrogen) atoms. The minimum atomic E-state index is -0.158. The molecule has 0 aliphatic carbocycles. The van der Waals surface area contributed by atoms with Crippen molar-refractivity contribution in [1.29, 1.82) is 0 Å². The summed E-state index contributed by atoms with van der Waals surface area (Å²) in [6, 6.07) is 10.9. The Balaban J connectivity index is 2.26. The first-order valence-corrected chi connectivity index (χ1v) is 6.58. The first kappa shape index (κ1) is 14.7. The predicted octanol–water partition coefficient (Wildman–Crippen LogP) is 2.69. The van der Waals surface area contributed by atoms with E-state index in [4.69, 9.17) is 10.5 Å². The van der Waals surface area contributed by atoms with Crippen LogP contribution in [0.25, 0.3) is 0 Å². The van der Waals surface area contributed by atoms with Crippen molar-refractivity contribution in [2.45, 2.75) is 6.92 Å². The average Bonchev–Trinajstić information content (AvgIpc) is 2.50. The zero-order valence-corrected chi connectivity index (χ0v) is 12.4. The van der Waals surface area contributed by atoms with Gasteiger partial charge in [0.1, 0.15) is 5.75 Å². The fourth-order valence-corrected chi connectivity index (χ4v) is 2.01. The molecule has 2 aromatic carbocycles. The summed E-state index contributed by atoms with van der Waals surface area (Å²) in [7, 11) is 3.22. The van der Waals surface area contributed by atoms with E-state index in [0.717, 1.165) is 22.7 Å². The number of carbonyl (C=O) groups excluding carboxylic acids is 1. The van der Waals surface area contributed by atoms with Gasteiger partial charge in [0, 0.05) is 18.3 Å². The topological polar surface area (TPSA) is 76.4 Å². The first-order valence-electron chi connectivity index (χ1n) is 6.58. The van der Waals surface area contributed by atoms with Gasteiger partial charge >= 0.3 is 0 Å². The van der Waals surface area contributed by atoms with Crippen LogP contribution in [0.2, 0.25) is 0 Å². The van der Waals surface area contributed by atoms with Crippen LogP contribution in [0, 0.1) is 6.92 Å². The van der Waals surface area contributed by atoms with Gasteiger partial charge < -0.3 is 21.1 Å². The zero-order valence-electron chi connectivity index (χ0n) is 12.4. The number of aryl methyl sites for hydroxylation is 1. The molecule has 0 aliphatic rings. The predicted molar refractivity (Wildman–Crippen MR) is 85.3 cm³/mol. The van der Waals surface area contributed by atoms with Crippen LogP contribution >= 0.6 is 0 Å². The number of benzene rings is 2. The van der Waals surface area contributed by atoms with Gasteiger partial charge in [-0.3, -0.25) is 4.79 Å². The lowest BCUT2D eigenvalue weighted by Crippen LogP contribution is -2.18. The summed E-state index contributed by atoms with van der Waals surface area (Å²) in [5, 5.41) is 5.83. The minimum absolute atomic E-state index is 0.158. The van der Waals surface area contributed by atoms with Crippen molar-refractivity contribution >= 4 is 23.0 Å². The van der Waals surface area contributed by atoms with E-state index in [1.54, 1.807) is 32.4 Å². The van der Waals surface area contributed by atoms with Gasteiger partial charge in [-0.1, -0.05) is 0 Å². The highest BCUT2D eigenvalue weighted by atomic mass is 16.5. The molecule has 0 radical (unpaired) electrons. The summed E-state index contributed by atoms with van der Waals surface area (Å²) >= 11 is 0. The summed E-state index contributed by atoms with van der Waals surface area (Å²) in [6.07, 6.45) is 0. The number of amides is 1. The molecule has 0 aliphatic heterocycles. The number of nitrogen functional groups attached to an aromatic ring is 1. The van der Waals surface area contributed by atoms with Gasteiger partial charge in [-0.15, -0.1) is 0 Å². The van der Waals surface area contributed by atoms with E-state index in [9.17, 15) is 4.79 Å². The molecule has 2 rings (SSSR count). The fraction of sp³-hybridized carbons (Fsp3) is 0.188. The third kappa shape index (κ3) is 3.25. The van der Waals surface area contributed by atoms with Gasteiger partial charge in [-0.2, -0.15) is 0 Å². The smallest absolute Gasteiger partial charge is 0.251 e. The van der Waals surface area contributed by atoms with E-state index < -0.39 is 0 Å². The van der Waals surface area contributed by atoms with Gasteiger partial charge in [0.2, 0.25) is 0 Å². The molecule has 1 amide bonds. The quantitative estimate of drug-likeness (QED) is 0.755. The molecule has 0 spiro atoms. The minimum Gasteiger partial charge on any atom is -0.497 e. The molecule has 0 fully saturated rings. The van der Waals surface area contributed by atoms with Crippen LogP contribution in [0.4, 0.5) is 17.1 Å². The molecule has 0 bridgehead atoms. The summed E-state index contributed by atoms with van der Waals surface area (Å²) in [5.74, 6) is 0.648. The Morgan fingerprint density at radius 1 is 1.14 bits per heavy atom. The molecule has 0 saturated heterocycles. The third-order valence-electron chi connectivity index (χ3n) is 3.24. The van der Waals surface area contributed by atoms with E-state index >= 15 is 0 Å². The molecule has 0 unspecified atom stereocenters. The molecule has 0 atom stereocenters. The maximum absolute atomic E-state index is 11.6. The monoisotopic (exact) mass is 285 g/mol. The maximum atomic E-state index is 11.6. The summed E-state index contributed by atoms with van der Waals surface area (Å²) in [5.41, 5.74) is 9.80. The van der Waals surface area contributed by atoms with Crippen LogP contribution < -0.4 is 21.1 Å². The Hall–Kier alpha value is -2.69. The number of carbonyl (C=O) groups is 1. The molecule has 0 heterocycles. The van der Waals surface area contributed by atoms with Crippen LogP contribution in [-0.2, 0) is 0 Å². The van der Waals surface area contributed by atoms with Gasteiger partial charge in [0.05, 0.1) is 18.5 Å². The highest BCUT2D eigenvalue weighted by Gasteiger charge is 2.08. The lowest BCUT2D eigenvalue weighted by molar-refractivity contribution is 0.0963. The first-order chi connectivity index (χ1) is 10.0. The number of ether oxygens (including phenoxy) is 1. The molecular formula is C16H19N3O2. The average molecular weight is 285 g/mol. The van der Waals surface area contributed by atoms with Crippen LogP contribution in [0.3, 0.4) is 0 Å². The Labute approximate surface area is 124 Å². The maximum Gasteiger partial charge on any atom is 0.251 e. The van der Waals surface area contributed by atoms with Crippen LogP contribution in [0.1, 0.15) is 15.9 Å². The van der Waals surface area contributed by atoms with E-state index in [1.807, 2.05) is 25.1 Å². The number of rotatable bonds is 4. The lowest BCUT2D eigenvalue weighted by atomic mass is 10.1. The largest absolute Gasteiger partial charge is 0.497 e. The SMILES string of the molecule is CNC(=O)c1ccc(Nc2ccc(OC)cc2C)c(N)c1. The van der Waals surface area contributed by atoms with Crippen LogP contribution in [0.15, 0.2) is 36.4 Å². The Morgan fingerprint density at radius 2 is 1.86 bits per heavy atom. The van der Waals surface area contributed by atoms with Crippen molar-refractivity contribution in [3.8, 4) is 5.75 Å². The van der Waals surface area contributed by atoms with Gasteiger partial charge in [-0.25, -0.2) is 0 Å². The second-order valence-corrected chi connectivity index (χ2v) is 4.69. The molecule has 5 nitrogen and oxygen atoms in total. The fourth-order valence-electron chi connectivity index (χ4n) is 2.01. The number of hydrogen-bond donors (Lipinski definition) is 3. The van der Waals surface area contributed by atoms with E-state index in [2.05, 4.69) is 10.6 Å². The molecule has 110 valence electrons. The molecule has 0 aromatic heterocycles. The molecule has 2 aromatic rings. The third-order valence-corrected chi connectivity index (χ3v) is 3.24.